The Bertz CT molecular complexity index is 781. The Hall–Kier alpha value is -1.84. The third kappa shape index (κ3) is 2.33. The second-order valence-corrected chi connectivity index (χ2v) is 6.52. The van der Waals surface area contributed by atoms with Crippen molar-refractivity contribution < 1.29 is 5.11 Å². The van der Waals surface area contributed by atoms with Crippen LogP contribution in [0.5, 0.6) is 5.75 Å². The molecule has 4 rings (SSSR count). The van der Waals surface area contributed by atoms with Crippen LogP contribution in [0.4, 0.5) is 17.1 Å². The van der Waals surface area contributed by atoms with Crippen molar-refractivity contribution in [1.29, 1.82) is 0 Å². The van der Waals surface area contributed by atoms with Crippen LogP contribution in [0.15, 0.2) is 44.3 Å². The number of nitrogens with zero attached hydrogens (tertiary/aromatic N) is 2. The van der Waals surface area contributed by atoms with Crippen LogP contribution >= 0.6 is 0 Å². The third-order valence-electron chi connectivity index (χ3n) is 4.06. The summed E-state index contributed by atoms with van der Waals surface area (Å²) in [5.74, 6) is 0.337. The molecular formula is C16H15N3OSe. The number of benzene rings is 2. The summed E-state index contributed by atoms with van der Waals surface area (Å²) in [4.78, 5) is 0. The number of aromatic hydroxyl groups is 1. The number of anilines is 1. The van der Waals surface area contributed by atoms with Gasteiger partial charge in [0.2, 0.25) is 0 Å². The Balaban J connectivity index is 1.70. The van der Waals surface area contributed by atoms with Gasteiger partial charge in [-0.1, -0.05) is 0 Å². The van der Waals surface area contributed by atoms with Gasteiger partial charge < -0.3 is 0 Å². The second-order valence-electron chi connectivity index (χ2n) is 5.41. The average molecular weight is 344 g/mol. The molecule has 2 N–H and O–H groups in total. The molecule has 1 aliphatic heterocycles. The molecule has 1 unspecified atom stereocenters. The minimum atomic E-state index is -0.0111. The van der Waals surface area contributed by atoms with Crippen LogP contribution < -0.4 is 5.32 Å². The topological polar surface area (TPSA) is 57.0 Å². The van der Waals surface area contributed by atoms with Crippen molar-refractivity contribution in [1.82, 2.24) is 0 Å². The zero-order valence-electron chi connectivity index (χ0n) is 11.4. The van der Waals surface area contributed by atoms with Gasteiger partial charge in [-0.05, 0) is 0 Å². The number of phenols is 1. The molecule has 0 spiro atoms. The van der Waals surface area contributed by atoms with E-state index in [0.29, 0.717) is 5.75 Å². The van der Waals surface area contributed by atoms with Crippen LogP contribution in [0.3, 0.4) is 0 Å². The monoisotopic (exact) mass is 345 g/mol. The van der Waals surface area contributed by atoms with Crippen LogP contribution in [0.2, 0.25) is 0 Å². The third-order valence-corrected chi connectivity index (χ3v) is 5.20. The molecule has 2 aliphatic rings. The number of fused-ring (bicyclic) bond motifs is 2. The first-order valence-electron chi connectivity index (χ1n) is 7.11. The van der Waals surface area contributed by atoms with Gasteiger partial charge in [0.25, 0.3) is 0 Å². The minimum absolute atomic E-state index is 0.0111. The fraction of sp³-hybridized carbons (Fsp3) is 0.250. The number of aryl methyl sites for hydroxylation is 1. The maximum atomic E-state index is 9.77. The normalized spacial score (nSPS) is 18.8. The summed E-state index contributed by atoms with van der Waals surface area (Å²) in [6, 6.07) is 12.0. The first-order valence-corrected chi connectivity index (χ1v) is 8.64. The van der Waals surface area contributed by atoms with Crippen molar-refractivity contribution in [2.75, 3.05) is 5.32 Å². The number of rotatable bonds is 2. The molecule has 1 aliphatic carbocycles. The average Bonchev–Trinajstić information content (AvgIpc) is 2.97. The van der Waals surface area contributed by atoms with Crippen molar-refractivity contribution in [3.63, 3.8) is 0 Å². The van der Waals surface area contributed by atoms with Gasteiger partial charge in [-0.25, -0.2) is 0 Å². The predicted molar refractivity (Wildman–Crippen MR) is 83.8 cm³/mol. The van der Waals surface area contributed by atoms with E-state index in [1.807, 2.05) is 24.3 Å². The molecule has 1 heterocycles. The van der Waals surface area contributed by atoms with Crippen LogP contribution in [0.25, 0.3) is 0 Å². The molecule has 21 heavy (non-hydrogen) atoms. The van der Waals surface area contributed by atoms with Gasteiger partial charge in [0.1, 0.15) is 0 Å². The molecule has 0 bridgehead atoms. The Kier molecular flexibility index (Phi) is 3.17. The fourth-order valence-electron chi connectivity index (χ4n) is 3.05. The molecular weight excluding hydrogens is 329 g/mol. The van der Waals surface area contributed by atoms with E-state index < -0.39 is 0 Å². The Labute approximate surface area is 129 Å². The molecule has 2 aromatic carbocycles. The summed E-state index contributed by atoms with van der Waals surface area (Å²) in [6.07, 6.45) is 3.32. The second kappa shape index (κ2) is 5.17. The van der Waals surface area contributed by atoms with Crippen molar-refractivity contribution in [2.45, 2.75) is 25.3 Å². The molecule has 0 fully saturated rings. The first-order chi connectivity index (χ1) is 10.3. The Morgan fingerprint density at radius 3 is 3.10 bits per heavy atom. The molecule has 106 valence electrons. The van der Waals surface area contributed by atoms with Crippen molar-refractivity contribution in [2.24, 2.45) is 7.92 Å². The van der Waals surface area contributed by atoms with E-state index in [2.05, 4.69) is 19.3 Å². The number of hydrogen-bond donors (Lipinski definition) is 2. The van der Waals surface area contributed by atoms with E-state index in [0.717, 1.165) is 36.3 Å². The van der Waals surface area contributed by atoms with Crippen molar-refractivity contribution in [3.05, 3.63) is 47.5 Å². The molecule has 0 saturated heterocycles. The summed E-state index contributed by atoms with van der Waals surface area (Å²) in [5, 5.41) is 13.4. The van der Waals surface area contributed by atoms with E-state index in [1.54, 1.807) is 6.07 Å². The van der Waals surface area contributed by atoms with Crippen LogP contribution in [-0.2, 0) is 6.42 Å². The molecule has 0 saturated carbocycles. The van der Waals surface area contributed by atoms with E-state index in [4.69, 9.17) is 0 Å². The van der Waals surface area contributed by atoms with Gasteiger partial charge in [-0.15, -0.1) is 0 Å². The summed E-state index contributed by atoms with van der Waals surface area (Å²) >= 11 is -0.0111. The van der Waals surface area contributed by atoms with Gasteiger partial charge in [0.15, 0.2) is 0 Å². The number of phenolic OH excluding ortho intramolecular Hbond substituents is 1. The zero-order valence-corrected chi connectivity index (χ0v) is 13.1. The molecule has 0 aromatic heterocycles. The molecule has 5 heteroatoms. The first kappa shape index (κ1) is 12.9. The van der Waals surface area contributed by atoms with Crippen LogP contribution in [-0.4, -0.2) is 19.7 Å². The summed E-state index contributed by atoms with van der Waals surface area (Å²) in [6.45, 7) is 0. The standard InChI is InChI=1S/C16H15N3OSe/c20-11-8-7-10-3-1-4-13(12(10)9-11)17-14-5-2-6-15-16(14)19-21-18-15/h2,5-9,13,17,20H,1,3-4H2. The van der Waals surface area contributed by atoms with E-state index >= 15 is 0 Å². The molecule has 2 aromatic rings. The van der Waals surface area contributed by atoms with Gasteiger partial charge in [0.05, 0.1) is 0 Å². The molecule has 4 nitrogen and oxygen atoms in total. The molecule has 0 amide bonds. The molecule has 0 radical (unpaired) electrons. The van der Waals surface area contributed by atoms with Crippen molar-refractivity contribution >= 4 is 31.6 Å². The van der Waals surface area contributed by atoms with Gasteiger partial charge in [-0.2, -0.15) is 0 Å². The van der Waals surface area contributed by atoms with Gasteiger partial charge in [0, 0.05) is 0 Å². The Morgan fingerprint density at radius 2 is 2.14 bits per heavy atom. The molecule has 1 atom stereocenters. The van der Waals surface area contributed by atoms with Gasteiger partial charge in [-0.3, -0.25) is 0 Å². The van der Waals surface area contributed by atoms with E-state index in [1.165, 1.54) is 11.1 Å². The summed E-state index contributed by atoms with van der Waals surface area (Å²) in [7, 11) is 0. The number of hydrogen-bond acceptors (Lipinski definition) is 4. The van der Waals surface area contributed by atoms with Crippen molar-refractivity contribution in [3.8, 4) is 5.75 Å². The summed E-state index contributed by atoms with van der Waals surface area (Å²) in [5.41, 5.74) is 5.57. The summed E-state index contributed by atoms with van der Waals surface area (Å²) < 4.78 is 8.95. The van der Waals surface area contributed by atoms with Crippen LogP contribution in [0.1, 0.15) is 30.0 Å². The predicted octanol–water partition coefficient (Wildman–Crippen LogP) is 4.23. The fourth-order valence-corrected chi connectivity index (χ4v) is 4.20. The van der Waals surface area contributed by atoms with E-state index in [-0.39, 0.29) is 20.6 Å². The van der Waals surface area contributed by atoms with E-state index in [9.17, 15) is 5.11 Å². The Morgan fingerprint density at radius 1 is 1.19 bits per heavy atom. The number of nitrogens with one attached hydrogen (secondary N) is 1. The van der Waals surface area contributed by atoms with Crippen LogP contribution in [0, 0.1) is 0 Å². The SMILES string of the molecule is Oc1ccc2c(c1)C(Nc1cccc3c1N=[Se]=N3)CCC2. The maximum absolute atomic E-state index is 9.77. The van der Waals surface area contributed by atoms with Gasteiger partial charge >= 0.3 is 129 Å². The quantitative estimate of drug-likeness (QED) is 0.684. The zero-order chi connectivity index (χ0) is 14.2.